The van der Waals surface area contributed by atoms with Crippen LogP contribution in [-0.2, 0) is 0 Å². The van der Waals surface area contributed by atoms with Crippen molar-refractivity contribution in [1.82, 2.24) is 9.80 Å². The van der Waals surface area contributed by atoms with Gasteiger partial charge in [0.2, 0.25) is 0 Å². The molecule has 2 aromatic rings. The number of ether oxygens (including phenoxy) is 2. The van der Waals surface area contributed by atoms with Crippen LogP contribution < -0.4 is 9.47 Å². The molecule has 6 heteroatoms. The molecule has 2 amide bonds. The summed E-state index contributed by atoms with van der Waals surface area (Å²) in [6.07, 6.45) is 0. The summed E-state index contributed by atoms with van der Waals surface area (Å²) in [6.45, 7) is 4.94. The zero-order valence-electron chi connectivity index (χ0n) is 16.7. The van der Waals surface area contributed by atoms with Gasteiger partial charge in [-0.25, -0.2) is 0 Å². The second-order valence-electron chi connectivity index (χ2n) is 7.07. The van der Waals surface area contributed by atoms with E-state index in [1.165, 1.54) is 0 Å². The largest absolute Gasteiger partial charge is 0.497 e. The van der Waals surface area contributed by atoms with Crippen LogP contribution in [0.15, 0.2) is 48.5 Å². The van der Waals surface area contributed by atoms with Crippen molar-refractivity contribution in [3.8, 4) is 11.5 Å². The lowest BCUT2D eigenvalue weighted by atomic mass is 10.0. The average Bonchev–Trinajstić information content (AvgIpc) is 2.74. The van der Waals surface area contributed by atoms with Crippen LogP contribution in [0.2, 0.25) is 0 Å². The first-order valence-corrected chi connectivity index (χ1v) is 9.34. The molecule has 1 saturated heterocycles. The van der Waals surface area contributed by atoms with Crippen LogP contribution in [0.5, 0.6) is 11.5 Å². The number of hydrogen-bond donors (Lipinski definition) is 0. The second kappa shape index (κ2) is 8.33. The number of carbonyl (C=O) groups excluding carboxylic acids is 2. The molecule has 148 valence electrons. The van der Waals surface area contributed by atoms with E-state index in [1.807, 2.05) is 23.6 Å². The molecule has 6 nitrogen and oxygen atoms in total. The first kappa shape index (κ1) is 19.7. The molecule has 0 saturated carbocycles. The van der Waals surface area contributed by atoms with Gasteiger partial charge in [-0.05, 0) is 62.4 Å². The van der Waals surface area contributed by atoms with Gasteiger partial charge in [0.25, 0.3) is 11.8 Å². The normalized spacial score (nSPS) is 19.3. The lowest BCUT2D eigenvalue weighted by molar-refractivity contribution is 0.0270. The van der Waals surface area contributed by atoms with Gasteiger partial charge in [0.1, 0.15) is 11.5 Å². The number of rotatable bonds is 4. The highest BCUT2D eigenvalue weighted by Crippen LogP contribution is 2.22. The maximum atomic E-state index is 12.9. The Morgan fingerprint density at radius 1 is 0.714 bits per heavy atom. The fraction of sp³-hybridized carbons (Fsp3) is 0.364. The van der Waals surface area contributed by atoms with Crippen LogP contribution in [0.25, 0.3) is 0 Å². The summed E-state index contributed by atoms with van der Waals surface area (Å²) in [7, 11) is 3.19. The van der Waals surface area contributed by atoms with Crippen molar-refractivity contribution in [2.45, 2.75) is 25.9 Å². The van der Waals surface area contributed by atoms with Crippen LogP contribution >= 0.6 is 0 Å². The zero-order valence-corrected chi connectivity index (χ0v) is 16.7. The van der Waals surface area contributed by atoms with E-state index in [2.05, 4.69) is 0 Å². The van der Waals surface area contributed by atoms with Crippen molar-refractivity contribution in [1.29, 1.82) is 0 Å². The van der Waals surface area contributed by atoms with Crippen LogP contribution in [0.1, 0.15) is 34.6 Å². The summed E-state index contributed by atoms with van der Waals surface area (Å²) in [5, 5.41) is 0. The summed E-state index contributed by atoms with van der Waals surface area (Å²) in [5.74, 6) is 1.37. The van der Waals surface area contributed by atoms with Crippen LogP contribution in [0, 0.1) is 0 Å². The van der Waals surface area contributed by atoms with Gasteiger partial charge >= 0.3 is 0 Å². The van der Waals surface area contributed by atoms with Gasteiger partial charge in [0, 0.05) is 36.3 Å². The number of amides is 2. The van der Waals surface area contributed by atoms with Gasteiger partial charge < -0.3 is 19.3 Å². The molecule has 0 bridgehead atoms. The average molecular weight is 382 g/mol. The van der Waals surface area contributed by atoms with E-state index < -0.39 is 0 Å². The minimum atomic E-state index is -0.0759. The highest BCUT2D eigenvalue weighted by Gasteiger charge is 2.35. The summed E-state index contributed by atoms with van der Waals surface area (Å²) < 4.78 is 10.3. The first-order chi connectivity index (χ1) is 13.4. The quantitative estimate of drug-likeness (QED) is 0.815. The summed E-state index contributed by atoms with van der Waals surface area (Å²) in [6, 6.07) is 14.1. The third-order valence-electron chi connectivity index (χ3n) is 5.18. The summed E-state index contributed by atoms with van der Waals surface area (Å²) in [5.41, 5.74) is 1.24. The monoisotopic (exact) mass is 382 g/mol. The molecule has 3 rings (SSSR count). The Hall–Kier alpha value is -3.02. The topological polar surface area (TPSA) is 59.1 Å². The first-order valence-electron chi connectivity index (χ1n) is 9.34. The Morgan fingerprint density at radius 3 is 1.32 bits per heavy atom. The Kier molecular flexibility index (Phi) is 5.87. The maximum absolute atomic E-state index is 12.9. The van der Waals surface area contributed by atoms with Crippen molar-refractivity contribution in [2.75, 3.05) is 27.3 Å². The van der Waals surface area contributed by atoms with Gasteiger partial charge in [0.15, 0.2) is 0 Å². The third kappa shape index (κ3) is 3.96. The number of carbonyl (C=O) groups is 2. The van der Waals surface area contributed by atoms with E-state index in [9.17, 15) is 9.59 Å². The highest BCUT2D eigenvalue weighted by atomic mass is 16.5. The molecular weight excluding hydrogens is 356 g/mol. The van der Waals surface area contributed by atoms with Gasteiger partial charge in [-0.2, -0.15) is 0 Å². The minimum Gasteiger partial charge on any atom is -0.497 e. The number of hydrogen-bond acceptors (Lipinski definition) is 4. The molecule has 1 fully saturated rings. The van der Waals surface area contributed by atoms with E-state index in [-0.39, 0.29) is 23.9 Å². The third-order valence-corrected chi connectivity index (χ3v) is 5.18. The molecule has 1 aliphatic heterocycles. The molecule has 0 spiro atoms. The predicted molar refractivity (Wildman–Crippen MR) is 107 cm³/mol. The Morgan fingerprint density at radius 2 is 1.04 bits per heavy atom. The summed E-state index contributed by atoms with van der Waals surface area (Å²) >= 11 is 0. The number of methoxy groups -OCH3 is 2. The molecule has 0 radical (unpaired) electrons. The Bertz CT molecular complexity index is 761. The second-order valence-corrected chi connectivity index (χ2v) is 7.07. The highest BCUT2D eigenvalue weighted by molar-refractivity contribution is 5.96. The Balaban J connectivity index is 1.71. The van der Waals surface area contributed by atoms with Gasteiger partial charge in [-0.3, -0.25) is 9.59 Å². The Labute approximate surface area is 165 Å². The molecule has 2 atom stereocenters. The zero-order chi connectivity index (χ0) is 20.3. The molecule has 1 aliphatic rings. The molecule has 1 heterocycles. The van der Waals surface area contributed by atoms with E-state index in [0.717, 1.165) is 0 Å². The number of piperazine rings is 1. The standard InChI is InChI=1S/C22H26N2O4/c1-15-13-24(22(26)18-7-11-20(28-4)12-8-18)16(2)14-23(15)21(25)17-5-9-19(27-3)10-6-17/h5-12,15-16H,13-14H2,1-4H3/t15-,16+. The molecule has 0 unspecified atom stereocenters. The lowest BCUT2D eigenvalue weighted by Gasteiger charge is -2.44. The smallest absolute Gasteiger partial charge is 0.254 e. The van der Waals surface area contributed by atoms with Crippen LogP contribution in [-0.4, -0.2) is 61.0 Å². The van der Waals surface area contributed by atoms with E-state index in [4.69, 9.17) is 9.47 Å². The fourth-order valence-corrected chi connectivity index (χ4v) is 3.49. The van der Waals surface area contributed by atoms with Crippen molar-refractivity contribution in [3.63, 3.8) is 0 Å². The molecule has 0 aliphatic carbocycles. The minimum absolute atomic E-state index is 0.0291. The fourth-order valence-electron chi connectivity index (χ4n) is 3.49. The van der Waals surface area contributed by atoms with E-state index >= 15 is 0 Å². The van der Waals surface area contributed by atoms with Crippen molar-refractivity contribution in [3.05, 3.63) is 59.7 Å². The van der Waals surface area contributed by atoms with E-state index in [1.54, 1.807) is 62.8 Å². The molecule has 28 heavy (non-hydrogen) atoms. The van der Waals surface area contributed by atoms with Crippen molar-refractivity contribution < 1.29 is 19.1 Å². The van der Waals surface area contributed by atoms with E-state index in [0.29, 0.717) is 35.7 Å². The lowest BCUT2D eigenvalue weighted by Crippen LogP contribution is -2.59. The van der Waals surface area contributed by atoms with Crippen molar-refractivity contribution >= 4 is 11.8 Å². The molecule has 0 aromatic heterocycles. The maximum Gasteiger partial charge on any atom is 0.254 e. The summed E-state index contributed by atoms with van der Waals surface area (Å²) in [4.78, 5) is 29.6. The molecule has 2 aromatic carbocycles. The van der Waals surface area contributed by atoms with Gasteiger partial charge in [-0.1, -0.05) is 0 Å². The number of nitrogens with zero attached hydrogens (tertiary/aromatic N) is 2. The van der Waals surface area contributed by atoms with Gasteiger partial charge in [-0.15, -0.1) is 0 Å². The number of benzene rings is 2. The van der Waals surface area contributed by atoms with Crippen molar-refractivity contribution in [2.24, 2.45) is 0 Å². The molecular formula is C22H26N2O4. The van der Waals surface area contributed by atoms with Crippen LogP contribution in [0.3, 0.4) is 0 Å². The molecule has 0 N–H and O–H groups in total. The predicted octanol–water partition coefficient (Wildman–Crippen LogP) is 3.08. The SMILES string of the molecule is COc1ccc(C(=O)N2C[C@H](C)N(C(=O)c3ccc(OC)cc3)C[C@H]2C)cc1. The van der Waals surface area contributed by atoms with Crippen LogP contribution in [0.4, 0.5) is 0 Å². The van der Waals surface area contributed by atoms with Gasteiger partial charge in [0.05, 0.1) is 14.2 Å².